The Hall–Kier alpha value is -1.75. The second kappa shape index (κ2) is 4.02. The third-order valence-corrected chi connectivity index (χ3v) is 2.90. The molecule has 0 saturated carbocycles. The summed E-state index contributed by atoms with van der Waals surface area (Å²) in [4.78, 5) is 23.0. The number of carboxylic acids is 1. The first-order valence-corrected chi connectivity index (χ1v) is 5.69. The van der Waals surface area contributed by atoms with Crippen molar-refractivity contribution in [1.29, 1.82) is 0 Å². The molecule has 1 aromatic heterocycles. The Morgan fingerprint density at radius 2 is 2.12 bits per heavy atom. The smallest absolute Gasteiger partial charge is 0.351 e. The van der Waals surface area contributed by atoms with E-state index in [1.165, 1.54) is 17.8 Å². The molecule has 0 radical (unpaired) electrons. The predicted molar refractivity (Wildman–Crippen MR) is 61.2 cm³/mol. The molecule has 0 amide bonds. The lowest BCUT2D eigenvalue weighted by Crippen LogP contribution is -2.12. The van der Waals surface area contributed by atoms with Crippen LogP contribution in [0.15, 0.2) is 38.4 Å². The lowest BCUT2D eigenvalue weighted by molar-refractivity contribution is 0.0692. The largest absolute Gasteiger partial charge is 0.477 e. The molecule has 0 atom stereocenters. The molecular formula is C11H8O4S. The summed E-state index contributed by atoms with van der Waals surface area (Å²) in [7, 11) is 0. The minimum absolute atomic E-state index is 0.342. The summed E-state index contributed by atoms with van der Waals surface area (Å²) in [5.41, 5.74) is -0.768. The molecule has 1 aromatic carbocycles. The SMILES string of the molecule is CSc1ccc2oc(=O)c(C(=O)O)cc2c1. The summed E-state index contributed by atoms with van der Waals surface area (Å²) in [6.07, 6.45) is 1.92. The van der Waals surface area contributed by atoms with E-state index in [2.05, 4.69) is 0 Å². The molecule has 16 heavy (non-hydrogen) atoms. The molecular weight excluding hydrogens is 228 g/mol. The van der Waals surface area contributed by atoms with Crippen molar-refractivity contribution < 1.29 is 14.3 Å². The van der Waals surface area contributed by atoms with Gasteiger partial charge in [0.05, 0.1) is 0 Å². The average Bonchev–Trinajstić information content (AvgIpc) is 2.27. The predicted octanol–water partition coefficient (Wildman–Crippen LogP) is 2.21. The third-order valence-electron chi connectivity index (χ3n) is 2.17. The number of benzene rings is 1. The summed E-state index contributed by atoms with van der Waals surface area (Å²) >= 11 is 1.53. The van der Waals surface area contributed by atoms with Gasteiger partial charge in [-0.3, -0.25) is 0 Å². The standard InChI is InChI=1S/C11H8O4S/c1-16-7-2-3-9-6(4-7)5-8(10(12)13)11(14)15-9/h2-5H,1H3,(H,12,13). The maximum Gasteiger partial charge on any atom is 0.351 e. The number of fused-ring (bicyclic) bond motifs is 1. The van der Waals surface area contributed by atoms with Gasteiger partial charge in [0, 0.05) is 10.3 Å². The van der Waals surface area contributed by atoms with Gasteiger partial charge in [-0.1, -0.05) is 0 Å². The highest BCUT2D eigenvalue weighted by molar-refractivity contribution is 7.98. The van der Waals surface area contributed by atoms with E-state index in [0.717, 1.165) is 4.90 Å². The van der Waals surface area contributed by atoms with Crippen LogP contribution in [0.1, 0.15) is 10.4 Å². The molecule has 2 aromatic rings. The first-order chi connectivity index (χ1) is 7.61. The van der Waals surface area contributed by atoms with Crippen LogP contribution in [0.25, 0.3) is 11.0 Å². The van der Waals surface area contributed by atoms with Crippen molar-refractivity contribution in [3.05, 3.63) is 40.2 Å². The van der Waals surface area contributed by atoms with E-state index in [-0.39, 0.29) is 5.56 Å². The van der Waals surface area contributed by atoms with Crippen molar-refractivity contribution in [3.8, 4) is 0 Å². The number of hydrogen-bond donors (Lipinski definition) is 1. The molecule has 2 rings (SSSR count). The van der Waals surface area contributed by atoms with Gasteiger partial charge in [-0.2, -0.15) is 0 Å². The number of rotatable bonds is 2. The highest BCUT2D eigenvalue weighted by Gasteiger charge is 2.11. The van der Waals surface area contributed by atoms with Crippen LogP contribution < -0.4 is 5.63 Å². The Labute approximate surface area is 94.9 Å². The van der Waals surface area contributed by atoms with Crippen LogP contribution in [0.5, 0.6) is 0 Å². The fourth-order valence-corrected chi connectivity index (χ4v) is 1.83. The zero-order chi connectivity index (χ0) is 11.7. The molecule has 0 aliphatic heterocycles. The molecule has 0 aliphatic rings. The lowest BCUT2D eigenvalue weighted by Gasteiger charge is -2.00. The van der Waals surface area contributed by atoms with Crippen LogP contribution in [0, 0.1) is 0 Å². The zero-order valence-electron chi connectivity index (χ0n) is 8.39. The molecule has 5 heteroatoms. The second-order valence-corrected chi connectivity index (χ2v) is 4.04. The van der Waals surface area contributed by atoms with Crippen LogP contribution in [0.3, 0.4) is 0 Å². The Morgan fingerprint density at radius 1 is 1.38 bits per heavy atom. The Kier molecular flexibility index (Phi) is 2.70. The van der Waals surface area contributed by atoms with E-state index >= 15 is 0 Å². The summed E-state index contributed by atoms with van der Waals surface area (Å²) in [6.45, 7) is 0. The second-order valence-electron chi connectivity index (χ2n) is 3.16. The molecule has 0 bridgehead atoms. The van der Waals surface area contributed by atoms with Crippen molar-refractivity contribution in [1.82, 2.24) is 0 Å². The first-order valence-electron chi connectivity index (χ1n) is 4.47. The van der Waals surface area contributed by atoms with E-state index in [9.17, 15) is 9.59 Å². The zero-order valence-corrected chi connectivity index (χ0v) is 9.21. The van der Waals surface area contributed by atoms with E-state index in [4.69, 9.17) is 9.52 Å². The minimum Gasteiger partial charge on any atom is -0.477 e. The number of hydrogen-bond acceptors (Lipinski definition) is 4. The molecule has 0 fully saturated rings. The minimum atomic E-state index is -1.27. The van der Waals surface area contributed by atoms with Gasteiger partial charge in [-0.05, 0) is 30.5 Å². The van der Waals surface area contributed by atoms with Crippen molar-refractivity contribution in [3.63, 3.8) is 0 Å². The van der Waals surface area contributed by atoms with Crippen molar-refractivity contribution in [2.75, 3.05) is 6.26 Å². The summed E-state index contributed by atoms with van der Waals surface area (Å²) in [6, 6.07) is 6.60. The fraction of sp³-hybridized carbons (Fsp3) is 0.0909. The van der Waals surface area contributed by atoms with Crippen molar-refractivity contribution >= 4 is 28.7 Å². The fourth-order valence-electron chi connectivity index (χ4n) is 1.38. The monoisotopic (exact) mass is 236 g/mol. The van der Waals surface area contributed by atoms with Crippen molar-refractivity contribution in [2.24, 2.45) is 0 Å². The number of aromatic carboxylic acids is 1. The molecule has 0 saturated heterocycles. The highest BCUT2D eigenvalue weighted by atomic mass is 32.2. The number of thioether (sulfide) groups is 1. The van der Waals surface area contributed by atoms with Crippen LogP contribution in [0.2, 0.25) is 0 Å². The molecule has 0 unspecified atom stereocenters. The molecule has 0 spiro atoms. The molecule has 1 heterocycles. The summed E-state index contributed by atoms with van der Waals surface area (Å²) in [5.74, 6) is -1.27. The average molecular weight is 236 g/mol. The highest BCUT2D eigenvalue weighted by Crippen LogP contribution is 2.21. The Morgan fingerprint density at radius 3 is 2.75 bits per heavy atom. The van der Waals surface area contributed by atoms with Gasteiger partial charge < -0.3 is 9.52 Å². The van der Waals surface area contributed by atoms with Gasteiger partial charge in [0.15, 0.2) is 0 Å². The number of carbonyl (C=O) groups is 1. The van der Waals surface area contributed by atoms with E-state index in [1.54, 1.807) is 12.1 Å². The van der Waals surface area contributed by atoms with Crippen LogP contribution in [-0.2, 0) is 0 Å². The molecule has 0 aliphatic carbocycles. The van der Waals surface area contributed by atoms with E-state index in [1.807, 2.05) is 12.3 Å². The van der Waals surface area contributed by atoms with Gasteiger partial charge in [0.2, 0.25) is 0 Å². The maximum absolute atomic E-state index is 11.3. The summed E-state index contributed by atoms with van der Waals surface area (Å²) < 4.78 is 4.91. The Bertz CT molecular complexity index is 615. The van der Waals surface area contributed by atoms with Gasteiger partial charge in [0.25, 0.3) is 0 Å². The molecule has 1 N–H and O–H groups in total. The molecule has 4 nitrogen and oxygen atoms in total. The van der Waals surface area contributed by atoms with Gasteiger partial charge in [-0.15, -0.1) is 11.8 Å². The van der Waals surface area contributed by atoms with E-state index < -0.39 is 11.6 Å². The third kappa shape index (κ3) is 1.81. The Balaban J connectivity index is 2.75. The topological polar surface area (TPSA) is 67.5 Å². The van der Waals surface area contributed by atoms with Crippen LogP contribution in [-0.4, -0.2) is 17.3 Å². The van der Waals surface area contributed by atoms with Gasteiger partial charge >= 0.3 is 11.6 Å². The van der Waals surface area contributed by atoms with E-state index in [0.29, 0.717) is 11.0 Å². The van der Waals surface area contributed by atoms with Gasteiger partial charge in [-0.25, -0.2) is 9.59 Å². The lowest BCUT2D eigenvalue weighted by atomic mass is 10.2. The van der Waals surface area contributed by atoms with Crippen LogP contribution in [0.4, 0.5) is 0 Å². The van der Waals surface area contributed by atoms with Crippen LogP contribution >= 0.6 is 11.8 Å². The molecule has 82 valence electrons. The van der Waals surface area contributed by atoms with Gasteiger partial charge in [0.1, 0.15) is 11.1 Å². The summed E-state index contributed by atoms with van der Waals surface area (Å²) in [5, 5.41) is 9.40. The first kappa shape index (κ1) is 10.8. The quantitative estimate of drug-likeness (QED) is 0.639. The maximum atomic E-state index is 11.3. The van der Waals surface area contributed by atoms with Crippen molar-refractivity contribution in [2.45, 2.75) is 4.90 Å². The normalized spacial score (nSPS) is 10.6. The number of carboxylic acid groups (broad SMARTS) is 1.